The molecule has 10 heteroatoms. The molecule has 5 aromatic rings. The number of carbonyl (C=O) groups excluding carboxylic acids is 2. The second-order valence-corrected chi connectivity index (χ2v) is 16.9. The first-order valence-electron chi connectivity index (χ1n) is 20.5. The number of fused-ring (bicyclic) bond motifs is 4. The minimum atomic E-state index is -2.19. The predicted octanol–water partition coefficient (Wildman–Crippen LogP) is 14.1. The molecule has 3 unspecified atom stereocenters. The Kier molecular flexibility index (Phi) is 13.3. The molecule has 7 rings (SSSR count). The summed E-state index contributed by atoms with van der Waals surface area (Å²) in [6.45, 7) is 11.0. The van der Waals surface area contributed by atoms with Gasteiger partial charge in [0.1, 0.15) is 28.4 Å². The van der Waals surface area contributed by atoms with Crippen LogP contribution in [-0.4, -0.2) is 11.9 Å². The zero-order valence-corrected chi connectivity index (χ0v) is 35.4. The number of para-hydroxylation sites is 1. The Morgan fingerprint density at radius 1 is 0.579 bits per heavy atom. The van der Waals surface area contributed by atoms with E-state index in [2.05, 4.69) is 58.9 Å². The summed E-state index contributed by atoms with van der Waals surface area (Å²) in [5.74, 6) is 1.25. The highest BCUT2D eigenvalue weighted by molar-refractivity contribution is 7.43. The Hall–Kier alpha value is -4.64. The molecule has 2 aliphatic heterocycles. The fourth-order valence-electron chi connectivity index (χ4n) is 7.50. The van der Waals surface area contributed by atoms with Crippen LogP contribution in [0.2, 0.25) is 0 Å². The molecule has 0 bridgehead atoms. The van der Waals surface area contributed by atoms with Crippen LogP contribution in [0.3, 0.4) is 0 Å². The maximum atomic E-state index is 13.6. The van der Waals surface area contributed by atoms with Gasteiger partial charge in [-0.05, 0) is 109 Å². The van der Waals surface area contributed by atoms with Crippen molar-refractivity contribution in [3.05, 3.63) is 118 Å². The van der Waals surface area contributed by atoms with E-state index in [1.807, 2.05) is 36.4 Å². The highest BCUT2D eigenvalue weighted by Gasteiger charge is 2.37. The largest absolute Gasteiger partial charge is 0.532 e. The molecule has 0 saturated carbocycles. The van der Waals surface area contributed by atoms with Crippen LogP contribution in [0.5, 0.6) is 23.0 Å². The topological polar surface area (TPSA) is 89.5 Å². The van der Waals surface area contributed by atoms with Crippen molar-refractivity contribution in [2.45, 2.75) is 111 Å². The Bertz CT molecular complexity index is 2240. The molecule has 0 aromatic heterocycles. The molecule has 57 heavy (non-hydrogen) atoms. The van der Waals surface area contributed by atoms with E-state index in [1.165, 1.54) is 11.1 Å². The van der Waals surface area contributed by atoms with E-state index in [0.717, 1.165) is 104 Å². The summed E-state index contributed by atoms with van der Waals surface area (Å²) in [6.07, 6.45) is 10.5. The van der Waals surface area contributed by atoms with E-state index in [-0.39, 0.29) is 5.92 Å². The van der Waals surface area contributed by atoms with Gasteiger partial charge in [-0.2, -0.15) is 0 Å². The van der Waals surface area contributed by atoms with Crippen molar-refractivity contribution in [3.8, 4) is 34.1 Å². The summed E-state index contributed by atoms with van der Waals surface area (Å²) in [7, 11) is -4.33. The first-order valence-corrected chi connectivity index (χ1v) is 22.7. The molecule has 8 nitrogen and oxygen atoms in total. The lowest BCUT2D eigenvalue weighted by molar-refractivity contribution is 0.0685. The Balaban J connectivity index is 1.41. The van der Waals surface area contributed by atoms with Crippen molar-refractivity contribution in [3.63, 3.8) is 0 Å². The van der Waals surface area contributed by atoms with Gasteiger partial charge in [-0.15, -0.1) is 0 Å². The van der Waals surface area contributed by atoms with E-state index < -0.39 is 29.1 Å². The van der Waals surface area contributed by atoms with Gasteiger partial charge in [0.2, 0.25) is 0 Å². The highest BCUT2D eigenvalue weighted by Crippen LogP contribution is 2.56. The molecule has 0 spiro atoms. The third-order valence-corrected chi connectivity index (χ3v) is 12.5. The normalized spacial score (nSPS) is 16.4. The quantitative estimate of drug-likeness (QED) is 0.0858. The molecule has 0 radical (unpaired) electrons. The summed E-state index contributed by atoms with van der Waals surface area (Å²) >= 11 is 0. The minimum Gasteiger partial charge on any atom is -0.408 e. The van der Waals surface area contributed by atoms with Crippen molar-refractivity contribution < 1.29 is 36.7 Å². The van der Waals surface area contributed by atoms with Crippen molar-refractivity contribution >= 4 is 39.9 Å². The zero-order chi connectivity index (χ0) is 39.9. The van der Waals surface area contributed by atoms with E-state index in [9.17, 15) is 9.59 Å². The molecule has 0 amide bonds. The third kappa shape index (κ3) is 9.09. The molecule has 0 fully saturated rings. The Labute approximate surface area is 339 Å². The maximum absolute atomic E-state index is 13.6. The molecule has 2 heterocycles. The van der Waals surface area contributed by atoms with E-state index in [1.54, 1.807) is 24.3 Å². The Morgan fingerprint density at radius 2 is 1.19 bits per heavy atom. The minimum absolute atomic E-state index is 0.122. The van der Waals surface area contributed by atoms with E-state index >= 15 is 0 Å². The number of rotatable bonds is 17. The number of benzene rings is 5. The molecule has 0 aliphatic carbocycles. The summed E-state index contributed by atoms with van der Waals surface area (Å²) in [5.41, 5.74) is 6.78. The van der Waals surface area contributed by atoms with E-state index in [4.69, 9.17) is 27.1 Å². The monoisotopic (exact) mass is 806 g/mol. The first-order chi connectivity index (χ1) is 27.8. The Morgan fingerprint density at radius 3 is 1.93 bits per heavy atom. The van der Waals surface area contributed by atoms with Gasteiger partial charge in [0.25, 0.3) is 0 Å². The number of hydrogen-bond acceptors (Lipinski definition) is 8. The molecule has 298 valence electrons. The lowest BCUT2D eigenvalue weighted by Crippen LogP contribution is -2.16. The number of hydrogen-bond donors (Lipinski definition) is 0. The van der Waals surface area contributed by atoms with Crippen molar-refractivity contribution in [1.29, 1.82) is 0 Å². The van der Waals surface area contributed by atoms with Gasteiger partial charge >= 0.3 is 29.1 Å². The maximum Gasteiger partial charge on any atom is 0.532 e. The van der Waals surface area contributed by atoms with Gasteiger partial charge in [0.05, 0.1) is 0 Å². The summed E-state index contributed by atoms with van der Waals surface area (Å²) in [6, 6.07) is 27.5. The van der Waals surface area contributed by atoms with Gasteiger partial charge in [-0.3, -0.25) is 0 Å². The van der Waals surface area contributed by atoms with Crippen LogP contribution >= 0.6 is 17.2 Å². The second-order valence-electron chi connectivity index (χ2n) is 14.9. The van der Waals surface area contributed by atoms with Crippen LogP contribution < -0.4 is 18.1 Å². The smallest absolute Gasteiger partial charge is 0.408 e. The third-order valence-electron chi connectivity index (χ3n) is 10.6. The van der Waals surface area contributed by atoms with Crippen LogP contribution in [0, 0.1) is 0 Å². The van der Waals surface area contributed by atoms with Gasteiger partial charge in [0, 0.05) is 16.5 Å². The van der Waals surface area contributed by atoms with Crippen molar-refractivity contribution in [1.82, 2.24) is 0 Å². The molecular formula is C47H52O8P2. The van der Waals surface area contributed by atoms with Crippen LogP contribution in [0.25, 0.3) is 21.9 Å². The average molecular weight is 807 g/mol. The van der Waals surface area contributed by atoms with Crippen molar-refractivity contribution in [2.75, 3.05) is 0 Å². The second kappa shape index (κ2) is 18.7. The molecule has 3 atom stereocenters. The lowest BCUT2D eigenvalue weighted by atomic mass is 9.87. The molecular weight excluding hydrogens is 754 g/mol. The van der Waals surface area contributed by atoms with Gasteiger partial charge in [-0.25, -0.2) is 9.59 Å². The predicted molar refractivity (Wildman–Crippen MR) is 229 cm³/mol. The van der Waals surface area contributed by atoms with Crippen LogP contribution in [0.1, 0.15) is 135 Å². The molecule has 5 aromatic carbocycles. The van der Waals surface area contributed by atoms with Crippen LogP contribution in [0.4, 0.5) is 0 Å². The van der Waals surface area contributed by atoms with Crippen LogP contribution in [0.15, 0.2) is 84.9 Å². The van der Waals surface area contributed by atoms with Crippen molar-refractivity contribution in [2.24, 2.45) is 0 Å². The molecule has 2 aliphatic rings. The fourth-order valence-corrected chi connectivity index (χ4v) is 9.58. The zero-order valence-electron chi connectivity index (χ0n) is 33.6. The number of carbonyl (C=O) groups is 2. The summed E-state index contributed by atoms with van der Waals surface area (Å²) in [4.78, 5) is 26.8. The first kappa shape index (κ1) is 40.6. The summed E-state index contributed by atoms with van der Waals surface area (Å²) < 4.78 is 38.4. The number of unbranched alkanes of at least 4 members (excludes halogenated alkanes) is 3. The SMILES string of the molecule is CCCCc1cc(CCCC)c(OP2OC(=O)c3ccc4ccccc4c3O2)c(-c2cc(CCCC)cc(C(C)CCC)c2OP2OC(=O)c3ccccc3O2)c1. The highest BCUT2D eigenvalue weighted by atomic mass is 31.2. The van der Waals surface area contributed by atoms with E-state index in [0.29, 0.717) is 34.1 Å². The molecule has 0 saturated heterocycles. The fraction of sp³-hybridized carbons (Fsp3) is 0.362. The van der Waals surface area contributed by atoms with Gasteiger partial charge in [-0.1, -0.05) is 115 Å². The standard InChI is InChI=1S/C47H52O8P2/c1-6-10-18-32-27-35(20-12-8-3)43(51-57-52-44-36-22-14-13-21-34(36)25-26-38(44)47(49)55-57)40(29-32)41-30-33(19-11-7-2)28-39(31(5)17-9-4)45(41)53-56-50-42-24-16-15-23-37(42)46(48)54-56/h13-16,21-31H,6-12,17-20H2,1-5H3. The number of aryl methyl sites for hydroxylation is 3. The van der Waals surface area contributed by atoms with Gasteiger partial charge < -0.3 is 27.1 Å². The van der Waals surface area contributed by atoms with Gasteiger partial charge in [0.15, 0.2) is 5.75 Å². The molecule has 0 N–H and O–H groups in total. The summed E-state index contributed by atoms with van der Waals surface area (Å²) in [5, 5.41) is 1.78. The van der Waals surface area contributed by atoms with Crippen LogP contribution in [-0.2, 0) is 28.3 Å². The lowest BCUT2D eigenvalue weighted by Gasteiger charge is -2.28. The average Bonchev–Trinajstić information content (AvgIpc) is 3.22.